The maximum absolute atomic E-state index is 12.0. The highest BCUT2D eigenvalue weighted by molar-refractivity contribution is 5.91. The summed E-state index contributed by atoms with van der Waals surface area (Å²) >= 11 is 0. The number of anilines is 1. The van der Waals surface area contributed by atoms with E-state index in [1.54, 1.807) is 25.3 Å². The van der Waals surface area contributed by atoms with E-state index in [4.69, 9.17) is 18.9 Å². The van der Waals surface area contributed by atoms with E-state index in [1.165, 1.54) is 7.11 Å². The zero-order chi connectivity index (χ0) is 16.2. The van der Waals surface area contributed by atoms with Crippen LogP contribution in [0, 0.1) is 0 Å². The lowest BCUT2D eigenvalue weighted by Crippen LogP contribution is -2.37. The van der Waals surface area contributed by atoms with E-state index in [-0.39, 0.29) is 12.1 Å². The van der Waals surface area contributed by atoms with Gasteiger partial charge in [-0.05, 0) is 26.0 Å². The fourth-order valence-electron chi connectivity index (χ4n) is 2.15. The van der Waals surface area contributed by atoms with Crippen molar-refractivity contribution >= 4 is 11.7 Å². The van der Waals surface area contributed by atoms with Crippen LogP contribution in [0.4, 0.5) is 10.5 Å². The van der Waals surface area contributed by atoms with Crippen molar-refractivity contribution in [2.75, 3.05) is 32.7 Å². The van der Waals surface area contributed by atoms with Crippen LogP contribution in [0.2, 0.25) is 0 Å². The Hall–Kier alpha value is -1.99. The molecule has 1 atom stereocenters. The van der Waals surface area contributed by atoms with Crippen LogP contribution >= 0.6 is 0 Å². The summed E-state index contributed by atoms with van der Waals surface area (Å²) < 4.78 is 21.4. The molecule has 1 aromatic carbocycles. The van der Waals surface area contributed by atoms with Gasteiger partial charge in [0.1, 0.15) is 17.6 Å². The first-order valence-electron chi connectivity index (χ1n) is 7.02. The van der Waals surface area contributed by atoms with Gasteiger partial charge in [0.25, 0.3) is 0 Å². The Bertz CT molecular complexity index is 533. The maximum Gasteiger partial charge on any atom is 0.319 e. The fourth-order valence-corrected chi connectivity index (χ4v) is 2.15. The zero-order valence-electron chi connectivity index (χ0n) is 13.3. The molecular weight excluding hydrogens is 288 g/mol. The number of amides is 2. The van der Waals surface area contributed by atoms with Gasteiger partial charge in [-0.1, -0.05) is 0 Å². The molecule has 2 rings (SSSR count). The molecule has 1 fully saturated rings. The Balaban J connectivity index is 1.89. The van der Waals surface area contributed by atoms with Crippen molar-refractivity contribution in [2.45, 2.75) is 25.7 Å². The molecular formula is C15H22N2O5. The molecule has 0 bridgehead atoms. The molecule has 0 aromatic heterocycles. The average molecular weight is 310 g/mol. The number of hydrogen-bond acceptors (Lipinski definition) is 5. The van der Waals surface area contributed by atoms with Gasteiger partial charge in [-0.3, -0.25) is 0 Å². The van der Waals surface area contributed by atoms with Gasteiger partial charge < -0.3 is 29.6 Å². The number of carbonyl (C=O) groups excluding carboxylic acids is 1. The summed E-state index contributed by atoms with van der Waals surface area (Å²) in [5.74, 6) is 0.585. The summed E-state index contributed by atoms with van der Waals surface area (Å²) in [6.45, 7) is 4.50. The second-order valence-corrected chi connectivity index (χ2v) is 5.35. The number of carbonyl (C=O) groups is 1. The molecule has 0 aliphatic carbocycles. The van der Waals surface area contributed by atoms with Crippen molar-refractivity contribution < 1.29 is 23.7 Å². The number of urea groups is 1. The average Bonchev–Trinajstić information content (AvgIpc) is 2.84. The van der Waals surface area contributed by atoms with Crippen molar-refractivity contribution in [3.63, 3.8) is 0 Å². The minimum Gasteiger partial charge on any atom is -0.497 e. The van der Waals surface area contributed by atoms with Gasteiger partial charge in [0.2, 0.25) is 0 Å². The Morgan fingerprint density at radius 3 is 2.73 bits per heavy atom. The van der Waals surface area contributed by atoms with Crippen LogP contribution in [0.5, 0.6) is 11.5 Å². The number of benzene rings is 1. The topological polar surface area (TPSA) is 78.1 Å². The fraction of sp³-hybridized carbons (Fsp3) is 0.533. The SMILES string of the molecule is COc1ccc(OC)c(NC(=O)NCC2COC(C)(C)O2)c1. The van der Waals surface area contributed by atoms with Gasteiger partial charge in [0, 0.05) is 12.6 Å². The Morgan fingerprint density at radius 1 is 1.36 bits per heavy atom. The summed E-state index contributed by atoms with van der Waals surface area (Å²) in [7, 11) is 3.10. The van der Waals surface area contributed by atoms with Crippen LogP contribution < -0.4 is 20.1 Å². The number of rotatable bonds is 5. The van der Waals surface area contributed by atoms with E-state index in [1.807, 2.05) is 13.8 Å². The van der Waals surface area contributed by atoms with E-state index >= 15 is 0 Å². The Labute approximate surface area is 129 Å². The molecule has 2 amide bonds. The molecule has 122 valence electrons. The highest BCUT2D eigenvalue weighted by atomic mass is 16.7. The number of nitrogens with one attached hydrogen (secondary N) is 2. The van der Waals surface area contributed by atoms with Crippen LogP contribution in [0.1, 0.15) is 13.8 Å². The van der Waals surface area contributed by atoms with Gasteiger partial charge in [-0.25, -0.2) is 4.79 Å². The number of methoxy groups -OCH3 is 2. The third-order valence-electron chi connectivity index (χ3n) is 3.21. The monoisotopic (exact) mass is 310 g/mol. The van der Waals surface area contributed by atoms with Crippen molar-refractivity contribution in [1.29, 1.82) is 0 Å². The quantitative estimate of drug-likeness (QED) is 0.869. The molecule has 7 nitrogen and oxygen atoms in total. The van der Waals surface area contributed by atoms with E-state index in [2.05, 4.69) is 10.6 Å². The second kappa shape index (κ2) is 6.85. The summed E-state index contributed by atoms with van der Waals surface area (Å²) in [6.07, 6.45) is -0.159. The molecule has 0 radical (unpaired) electrons. The second-order valence-electron chi connectivity index (χ2n) is 5.35. The standard InChI is InChI=1S/C15H22N2O5/c1-15(2)21-9-11(22-15)8-16-14(18)17-12-7-10(19-3)5-6-13(12)20-4/h5-7,11H,8-9H2,1-4H3,(H2,16,17,18). The highest BCUT2D eigenvalue weighted by Gasteiger charge is 2.32. The van der Waals surface area contributed by atoms with Gasteiger partial charge >= 0.3 is 6.03 Å². The first-order chi connectivity index (χ1) is 10.4. The van der Waals surface area contributed by atoms with Crippen LogP contribution in [-0.2, 0) is 9.47 Å². The molecule has 1 saturated heterocycles. The molecule has 1 aliphatic rings. The first-order valence-corrected chi connectivity index (χ1v) is 7.02. The van der Waals surface area contributed by atoms with Gasteiger partial charge in [0.05, 0.1) is 26.5 Å². The zero-order valence-corrected chi connectivity index (χ0v) is 13.3. The normalized spacial score (nSPS) is 19.5. The Morgan fingerprint density at radius 2 is 2.14 bits per heavy atom. The summed E-state index contributed by atoms with van der Waals surface area (Å²) in [5, 5.41) is 5.48. The summed E-state index contributed by atoms with van der Waals surface area (Å²) in [6, 6.07) is 4.83. The van der Waals surface area contributed by atoms with E-state index in [0.717, 1.165) is 0 Å². The Kier molecular flexibility index (Phi) is 5.10. The third-order valence-corrected chi connectivity index (χ3v) is 3.21. The van der Waals surface area contributed by atoms with Crippen molar-refractivity contribution in [1.82, 2.24) is 5.32 Å². The smallest absolute Gasteiger partial charge is 0.319 e. The lowest BCUT2D eigenvalue weighted by molar-refractivity contribution is -0.137. The molecule has 2 N–H and O–H groups in total. The van der Waals surface area contributed by atoms with Gasteiger partial charge in [-0.15, -0.1) is 0 Å². The maximum atomic E-state index is 12.0. The lowest BCUT2D eigenvalue weighted by atomic mass is 10.2. The van der Waals surface area contributed by atoms with Crippen molar-refractivity contribution in [3.05, 3.63) is 18.2 Å². The van der Waals surface area contributed by atoms with Crippen LogP contribution in [0.15, 0.2) is 18.2 Å². The van der Waals surface area contributed by atoms with Gasteiger partial charge in [-0.2, -0.15) is 0 Å². The molecule has 0 spiro atoms. The number of ether oxygens (including phenoxy) is 4. The first kappa shape index (κ1) is 16.4. The molecule has 0 saturated carbocycles. The van der Waals surface area contributed by atoms with E-state index in [0.29, 0.717) is 30.3 Å². The van der Waals surface area contributed by atoms with Crippen molar-refractivity contribution in [2.24, 2.45) is 0 Å². The molecule has 7 heteroatoms. The van der Waals surface area contributed by atoms with E-state index in [9.17, 15) is 4.79 Å². The summed E-state index contributed by atoms with van der Waals surface area (Å²) in [4.78, 5) is 12.0. The minimum atomic E-state index is -0.598. The van der Waals surface area contributed by atoms with Crippen molar-refractivity contribution in [3.8, 4) is 11.5 Å². The molecule has 22 heavy (non-hydrogen) atoms. The predicted molar refractivity (Wildman–Crippen MR) is 81.5 cm³/mol. The van der Waals surface area contributed by atoms with E-state index < -0.39 is 5.79 Å². The molecule has 1 aromatic rings. The largest absolute Gasteiger partial charge is 0.497 e. The van der Waals surface area contributed by atoms with Crippen LogP contribution in [0.25, 0.3) is 0 Å². The molecule has 1 unspecified atom stereocenters. The molecule has 1 heterocycles. The van der Waals surface area contributed by atoms with Crippen LogP contribution in [-0.4, -0.2) is 45.3 Å². The summed E-state index contributed by atoms with van der Waals surface area (Å²) in [5.41, 5.74) is 0.531. The highest BCUT2D eigenvalue weighted by Crippen LogP contribution is 2.28. The minimum absolute atomic E-state index is 0.159. The molecule has 1 aliphatic heterocycles. The van der Waals surface area contributed by atoms with Crippen LogP contribution in [0.3, 0.4) is 0 Å². The van der Waals surface area contributed by atoms with Gasteiger partial charge in [0.15, 0.2) is 5.79 Å². The number of hydrogen-bond donors (Lipinski definition) is 2. The lowest BCUT2D eigenvalue weighted by Gasteiger charge is -2.17. The predicted octanol–water partition coefficient (Wildman–Crippen LogP) is 1.98. The third kappa shape index (κ3) is 4.25.